The number of ether oxygens (including phenoxy) is 1. The Labute approximate surface area is 224 Å². The molecule has 3 N–H and O–H groups in total. The molecule has 0 spiro atoms. The lowest BCUT2D eigenvalue weighted by atomic mass is 9.95. The van der Waals surface area contributed by atoms with Crippen molar-refractivity contribution < 1.29 is 26.3 Å². The Hall–Kier alpha value is -2.83. The minimum Gasteiger partial charge on any atom is -0.490 e. The van der Waals surface area contributed by atoms with Crippen LogP contribution in [-0.2, 0) is 22.4 Å². The fraction of sp³-hybridized carbons (Fsp3) is 0.440. The zero-order chi connectivity index (χ0) is 27.5. The molecule has 1 fully saturated rings. The molecule has 2 aromatic carbocycles. The Morgan fingerprint density at radius 1 is 1.18 bits per heavy atom. The van der Waals surface area contributed by atoms with Gasteiger partial charge in [0.2, 0.25) is 5.95 Å². The number of hydrogen-bond acceptors (Lipinski definition) is 7. The average Bonchev–Trinajstić information content (AvgIpc) is 3.23. The van der Waals surface area contributed by atoms with Crippen molar-refractivity contribution in [1.29, 1.82) is 0 Å². The lowest BCUT2D eigenvalue weighted by Crippen LogP contribution is -2.39. The van der Waals surface area contributed by atoms with Crippen LogP contribution >= 0.6 is 11.6 Å². The van der Waals surface area contributed by atoms with E-state index in [4.69, 9.17) is 22.1 Å². The Morgan fingerprint density at radius 2 is 1.87 bits per heavy atom. The van der Waals surface area contributed by atoms with Gasteiger partial charge < -0.3 is 15.4 Å². The first kappa shape index (κ1) is 28.2. The number of H-pyrrole nitrogens is 1. The molecule has 8 nitrogen and oxygen atoms in total. The predicted molar refractivity (Wildman–Crippen MR) is 140 cm³/mol. The third kappa shape index (κ3) is 7.61. The molecule has 1 aliphatic heterocycles. The third-order valence-electron chi connectivity index (χ3n) is 6.35. The second kappa shape index (κ2) is 11.5. The maximum Gasteiger partial charge on any atom is 0.417 e. The first-order valence-corrected chi connectivity index (χ1v) is 14.5. The molecule has 0 saturated carbocycles. The number of anilines is 1. The third-order valence-corrected chi connectivity index (χ3v) is 7.67. The van der Waals surface area contributed by atoms with Gasteiger partial charge in [-0.2, -0.15) is 18.2 Å². The van der Waals surface area contributed by atoms with Crippen LogP contribution in [-0.4, -0.2) is 66.2 Å². The first-order valence-electron chi connectivity index (χ1n) is 12.1. The van der Waals surface area contributed by atoms with Gasteiger partial charge in [0.25, 0.3) is 0 Å². The van der Waals surface area contributed by atoms with E-state index in [1.165, 1.54) is 12.3 Å². The first-order chi connectivity index (χ1) is 17.9. The van der Waals surface area contributed by atoms with Gasteiger partial charge in [0.1, 0.15) is 27.5 Å². The van der Waals surface area contributed by atoms with Crippen LogP contribution in [0.3, 0.4) is 0 Å². The van der Waals surface area contributed by atoms with Crippen LogP contribution in [0.15, 0.2) is 36.4 Å². The number of likely N-dealkylation sites (tertiary alicyclic amines) is 1. The van der Waals surface area contributed by atoms with Crippen LogP contribution in [0.1, 0.15) is 36.2 Å². The molecule has 0 unspecified atom stereocenters. The number of hydrogen-bond donors (Lipinski definition) is 2. The Kier molecular flexibility index (Phi) is 8.53. The fourth-order valence-electron chi connectivity index (χ4n) is 4.56. The summed E-state index contributed by atoms with van der Waals surface area (Å²) in [5.74, 6) is 1.08. The highest BCUT2D eigenvalue weighted by Crippen LogP contribution is 2.42. The molecule has 4 rings (SSSR count). The van der Waals surface area contributed by atoms with Crippen LogP contribution in [0, 0.1) is 0 Å². The predicted octanol–water partition coefficient (Wildman–Crippen LogP) is 4.59. The van der Waals surface area contributed by atoms with Gasteiger partial charge in [0.05, 0.1) is 11.3 Å². The lowest BCUT2D eigenvalue weighted by Gasteiger charge is -2.32. The second-order valence-electron chi connectivity index (χ2n) is 9.48. The number of rotatable bonds is 9. The molecule has 3 aromatic rings. The van der Waals surface area contributed by atoms with E-state index in [2.05, 4.69) is 20.1 Å². The van der Waals surface area contributed by atoms with Crippen molar-refractivity contribution in [3.63, 3.8) is 0 Å². The number of sulfone groups is 1. The highest BCUT2D eigenvalue weighted by atomic mass is 35.5. The van der Waals surface area contributed by atoms with Crippen LogP contribution in [0.2, 0.25) is 5.02 Å². The molecule has 1 aliphatic rings. The van der Waals surface area contributed by atoms with E-state index in [9.17, 15) is 21.6 Å². The van der Waals surface area contributed by atoms with Crippen molar-refractivity contribution in [1.82, 2.24) is 20.1 Å². The lowest BCUT2D eigenvalue weighted by molar-refractivity contribution is -0.137. The average molecular weight is 572 g/mol. The number of nitrogens with two attached hydrogens (primary N) is 1. The molecule has 0 aliphatic carbocycles. The van der Waals surface area contributed by atoms with Gasteiger partial charge in [0.15, 0.2) is 0 Å². The van der Waals surface area contributed by atoms with Crippen molar-refractivity contribution >= 4 is 27.4 Å². The molecule has 0 radical (unpaired) electrons. The largest absolute Gasteiger partial charge is 0.490 e. The van der Waals surface area contributed by atoms with Gasteiger partial charge in [-0.25, -0.2) is 8.42 Å². The summed E-state index contributed by atoms with van der Waals surface area (Å²) in [6.45, 7) is 2.32. The van der Waals surface area contributed by atoms with Gasteiger partial charge in [0, 0.05) is 36.4 Å². The van der Waals surface area contributed by atoms with Crippen LogP contribution in [0.25, 0.3) is 11.1 Å². The number of halogens is 4. The number of nitrogens with zero attached hydrogens (tertiary/aromatic N) is 3. The number of nitrogen functional groups attached to an aromatic ring is 1. The standard InChI is InChI=1S/C25H29ClF3N5O3S/c1-38(35,36)12-2-9-34-10-7-19(8-11-34)37-18-5-3-17(4-6-18)23-20(25(27,28)29)13-16(14-21(23)26)15-22-31-24(30)33-32-22/h3-6,13-14,19H,2,7-12,15H2,1H3,(H3,30,31,32,33). The van der Waals surface area contributed by atoms with E-state index in [0.29, 0.717) is 29.1 Å². The smallest absolute Gasteiger partial charge is 0.417 e. The summed E-state index contributed by atoms with van der Waals surface area (Å²) < 4.78 is 70.7. The van der Waals surface area contributed by atoms with Crippen molar-refractivity contribution in [2.24, 2.45) is 0 Å². The minimum atomic E-state index is -4.63. The fourth-order valence-corrected chi connectivity index (χ4v) is 5.56. The van der Waals surface area contributed by atoms with E-state index in [0.717, 1.165) is 38.5 Å². The minimum absolute atomic E-state index is 0.0104. The normalized spacial score (nSPS) is 15.6. The summed E-state index contributed by atoms with van der Waals surface area (Å²) >= 11 is 6.38. The van der Waals surface area contributed by atoms with Gasteiger partial charge in [-0.3, -0.25) is 5.10 Å². The molecule has 38 heavy (non-hydrogen) atoms. The summed E-state index contributed by atoms with van der Waals surface area (Å²) in [5, 5.41) is 6.25. The summed E-state index contributed by atoms with van der Waals surface area (Å²) in [6, 6.07) is 8.99. The van der Waals surface area contributed by atoms with Gasteiger partial charge in [-0.05, 0) is 61.2 Å². The second-order valence-corrected chi connectivity index (χ2v) is 12.1. The van der Waals surface area contributed by atoms with Crippen LogP contribution < -0.4 is 10.5 Å². The van der Waals surface area contributed by atoms with Crippen LogP contribution in [0.4, 0.5) is 19.1 Å². The zero-order valence-electron chi connectivity index (χ0n) is 20.8. The number of alkyl halides is 3. The summed E-state index contributed by atoms with van der Waals surface area (Å²) in [5.41, 5.74) is 5.18. The maximum absolute atomic E-state index is 14.0. The number of nitrogens with one attached hydrogen (secondary N) is 1. The molecule has 0 bridgehead atoms. The molecule has 0 amide bonds. The highest BCUT2D eigenvalue weighted by molar-refractivity contribution is 7.90. The SMILES string of the molecule is CS(=O)(=O)CCCN1CCC(Oc2ccc(-c3c(Cl)cc(Cc4nc(N)n[nH]4)cc3C(F)(F)F)cc2)CC1. The van der Waals surface area contributed by atoms with E-state index in [1.54, 1.807) is 24.3 Å². The van der Waals surface area contributed by atoms with E-state index in [1.807, 2.05) is 0 Å². The van der Waals surface area contributed by atoms with Crippen LogP contribution in [0.5, 0.6) is 5.75 Å². The van der Waals surface area contributed by atoms with Gasteiger partial charge in [-0.1, -0.05) is 23.7 Å². The summed E-state index contributed by atoms with van der Waals surface area (Å²) in [6.07, 6.45) is -1.18. The number of aromatic nitrogens is 3. The molecule has 0 atom stereocenters. The summed E-state index contributed by atoms with van der Waals surface area (Å²) in [7, 11) is -2.96. The molecule has 13 heteroatoms. The molecular formula is C25H29ClF3N5O3S. The maximum atomic E-state index is 14.0. The molecule has 1 saturated heterocycles. The Balaban J connectivity index is 1.42. The van der Waals surface area contributed by atoms with Gasteiger partial charge >= 0.3 is 6.18 Å². The van der Waals surface area contributed by atoms with Crippen molar-refractivity contribution in [3.8, 4) is 16.9 Å². The van der Waals surface area contributed by atoms with E-state index in [-0.39, 0.29) is 34.8 Å². The van der Waals surface area contributed by atoms with E-state index >= 15 is 0 Å². The summed E-state index contributed by atoms with van der Waals surface area (Å²) in [4.78, 5) is 6.16. The topological polar surface area (TPSA) is 114 Å². The van der Waals surface area contributed by atoms with Crippen molar-refractivity contribution in [2.45, 2.75) is 38.0 Å². The molecular weight excluding hydrogens is 543 g/mol. The molecule has 206 valence electrons. The number of aromatic amines is 1. The van der Waals surface area contributed by atoms with Crippen molar-refractivity contribution in [3.05, 3.63) is 58.4 Å². The quantitative estimate of drug-likeness (QED) is 0.386. The number of piperidine rings is 1. The molecule has 2 heterocycles. The van der Waals surface area contributed by atoms with Gasteiger partial charge in [-0.15, -0.1) is 5.10 Å². The number of benzene rings is 2. The molecule has 1 aromatic heterocycles. The zero-order valence-corrected chi connectivity index (χ0v) is 22.3. The Morgan fingerprint density at radius 3 is 2.45 bits per heavy atom. The highest BCUT2D eigenvalue weighted by Gasteiger charge is 2.35. The van der Waals surface area contributed by atoms with Crippen molar-refractivity contribution in [2.75, 3.05) is 37.4 Å². The van der Waals surface area contributed by atoms with E-state index < -0.39 is 21.6 Å². The Bertz CT molecular complexity index is 1360. The monoisotopic (exact) mass is 571 g/mol.